The smallest absolute Gasteiger partial charge is 0.0703 e. The first-order valence-electron chi connectivity index (χ1n) is 5.89. The summed E-state index contributed by atoms with van der Waals surface area (Å²) in [7, 11) is 0. The summed E-state index contributed by atoms with van der Waals surface area (Å²) in [6.07, 6.45) is 9.41. The van der Waals surface area contributed by atoms with E-state index in [4.69, 9.17) is 6.42 Å². The summed E-state index contributed by atoms with van der Waals surface area (Å²) in [5, 5.41) is 0. The standard InChI is InChI=1S/C18H14/c1-2-17(18-13-7-4-8-14-18)15-9-12-16-10-5-3-6-11-16/h1,3-8,10-15,17H. The van der Waals surface area contributed by atoms with Crippen LogP contribution in [0.1, 0.15) is 17.0 Å². The molecule has 0 amide bonds. The summed E-state index contributed by atoms with van der Waals surface area (Å²) in [4.78, 5) is 0. The lowest BCUT2D eigenvalue weighted by molar-refractivity contribution is 1.13. The molecular weight excluding hydrogens is 216 g/mol. The molecule has 0 spiro atoms. The third-order valence-electron chi connectivity index (χ3n) is 2.65. The highest BCUT2D eigenvalue weighted by Gasteiger charge is 2.01. The zero-order chi connectivity index (χ0) is 12.6. The van der Waals surface area contributed by atoms with Gasteiger partial charge >= 0.3 is 0 Å². The molecule has 0 aliphatic carbocycles. The van der Waals surface area contributed by atoms with Crippen molar-refractivity contribution in [3.05, 3.63) is 83.6 Å². The van der Waals surface area contributed by atoms with E-state index < -0.39 is 0 Å². The van der Waals surface area contributed by atoms with E-state index in [1.165, 1.54) is 0 Å². The van der Waals surface area contributed by atoms with E-state index in [2.05, 4.69) is 11.7 Å². The van der Waals surface area contributed by atoms with Gasteiger partial charge in [0.15, 0.2) is 0 Å². The Bertz CT molecular complexity index is 579. The van der Waals surface area contributed by atoms with Crippen molar-refractivity contribution < 1.29 is 0 Å². The molecule has 0 nitrogen and oxygen atoms in total. The summed E-state index contributed by atoms with van der Waals surface area (Å²) in [5.74, 6) is 2.74. The molecule has 0 heteroatoms. The van der Waals surface area contributed by atoms with Crippen LogP contribution in [0.15, 0.2) is 72.5 Å². The molecule has 0 bridgehead atoms. The van der Waals surface area contributed by atoms with Crippen LogP contribution in [0, 0.1) is 12.3 Å². The van der Waals surface area contributed by atoms with Gasteiger partial charge in [-0.25, -0.2) is 0 Å². The summed E-state index contributed by atoms with van der Waals surface area (Å²) in [6, 6.07) is 20.1. The molecule has 0 aliphatic rings. The summed E-state index contributed by atoms with van der Waals surface area (Å²) in [6.45, 7) is 0. The number of benzene rings is 2. The molecular formula is C18H14. The zero-order valence-electron chi connectivity index (χ0n) is 10.1. The summed E-state index contributed by atoms with van der Waals surface area (Å²) >= 11 is 0. The fraction of sp³-hybridized carbons (Fsp3) is 0.0556. The van der Waals surface area contributed by atoms with Crippen molar-refractivity contribution in [2.45, 2.75) is 5.92 Å². The number of rotatable bonds is 3. The largest absolute Gasteiger partial charge is 0.123 e. The lowest BCUT2D eigenvalue weighted by atomic mass is 10.00. The molecule has 0 radical (unpaired) electrons. The Morgan fingerprint density at radius 1 is 0.889 bits per heavy atom. The van der Waals surface area contributed by atoms with Gasteiger partial charge in [-0.15, -0.1) is 12.2 Å². The van der Waals surface area contributed by atoms with Crippen molar-refractivity contribution in [1.29, 1.82) is 0 Å². The molecule has 1 atom stereocenters. The minimum absolute atomic E-state index is 0.0221. The van der Waals surface area contributed by atoms with Gasteiger partial charge in [0.25, 0.3) is 0 Å². The van der Waals surface area contributed by atoms with E-state index in [-0.39, 0.29) is 5.92 Å². The molecule has 0 heterocycles. The highest BCUT2D eigenvalue weighted by atomic mass is 14.0. The highest BCUT2D eigenvalue weighted by molar-refractivity contribution is 5.48. The third-order valence-corrected chi connectivity index (χ3v) is 2.65. The second-order valence-electron chi connectivity index (χ2n) is 3.94. The van der Waals surface area contributed by atoms with Crippen LogP contribution in [0.25, 0.3) is 6.08 Å². The van der Waals surface area contributed by atoms with Crippen LogP contribution in [0.2, 0.25) is 0 Å². The second kappa shape index (κ2) is 6.30. The fourth-order valence-electron chi connectivity index (χ4n) is 1.69. The first-order chi connectivity index (χ1) is 8.90. The van der Waals surface area contributed by atoms with Crippen LogP contribution in [0.5, 0.6) is 0 Å². The van der Waals surface area contributed by atoms with Gasteiger partial charge in [-0.05, 0) is 23.3 Å². The van der Waals surface area contributed by atoms with Gasteiger partial charge in [-0.2, -0.15) is 0 Å². The summed E-state index contributed by atoms with van der Waals surface area (Å²) in [5.41, 5.74) is 5.40. The molecule has 2 aromatic rings. The molecule has 0 saturated carbocycles. The van der Waals surface area contributed by atoms with Gasteiger partial charge in [0.05, 0.1) is 5.92 Å². The molecule has 0 N–H and O–H groups in total. The first-order valence-corrected chi connectivity index (χ1v) is 5.89. The lowest BCUT2D eigenvalue weighted by Gasteiger charge is -2.03. The van der Waals surface area contributed by atoms with E-state index in [0.717, 1.165) is 11.1 Å². The zero-order valence-corrected chi connectivity index (χ0v) is 10.1. The van der Waals surface area contributed by atoms with Crippen molar-refractivity contribution in [3.8, 4) is 12.3 Å². The first kappa shape index (κ1) is 12.0. The van der Waals surface area contributed by atoms with Crippen LogP contribution < -0.4 is 0 Å². The Balaban J connectivity index is 2.17. The van der Waals surface area contributed by atoms with Crippen LogP contribution >= 0.6 is 0 Å². The lowest BCUT2D eigenvalue weighted by Crippen LogP contribution is -1.89. The van der Waals surface area contributed by atoms with Gasteiger partial charge < -0.3 is 0 Å². The molecule has 0 saturated heterocycles. The predicted octanol–water partition coefficient (Wildman–Crippen LogP) is 4.27. The van der Waals surface area contributed by atoms with Gasteiger partial charge in [0.1, 0.15) is 0 Å². The predicted molar refractivity (Wildman–Crippen MR) is 77.0 cm³/mol. The Kier molecular flexibility index (Phi) is 4.20. The Hall–Kier alpha value is -2.48. The maximum absolute atomic E-state index is 5.55. The summed E-state index contributed by atoms with van der Waals surface area (Å²) < 4.78 is 0. The van der Waals surface area contributed by atoms with Crippen molar-refractivity contribution in [2.75, 3.05) is 0 Å². The third kappa shape index (κ3) is 3.25. The molecule has 0 fully saturated rings. The minimum atomic E-state index is -0.0221. The Morgan fingerprint density at radius 3 is 2.11 bits per heavy atom. The minimum Gasteiger partial charge on any atom is -0.123 e. The molecule has 2 aromatic carbocycles. The van der Waals surface area contributed by atoms with Crippen LogP contribution in [-0.4, -0.2) is 0 Å². The van der Waals surface area contributed by atoms with Crippen molar-refractivity contribution in [2.24, 2.45) is 0 Å². The van der Waals surface area contributed by atoms with E-state index >= 15 is 0 Å². The number of allylic oxidation sites excluding steroid dienone is 1. The highest BCUT2D eigenvalue weighted by Crippen LogP contribution is 2.15. The quantitative estimate of drug-likeness (QED) is 0.545. The van der Waals surface area contributed by atoms with Crippen molar-refractivity contribution in [1.82, 2.24) is 0 Å². The van der Waals surface area contributed by atoms with Crippen molar-refractivity contribution in [3.63, 3.8) is 0 Å². The van der Waals surface area contributed by atoms with Gasteiger partial charge in [0, 0.05) is 0 Å². The molecule has 1 unspecified atom stereocenters. The van der Waals surface area contributed by atoms with Gasteiger partial charge in [-0.3, -0.25) is 0 Å². The molecule has 18 heavy (non-hydrogen) atoms. The number of terminal acetylenes is 1. The maximum Gasteiger partial charge on any atom is 0.0703 e. The maximum atomic E-state index is 5.55. The molecule has 0 aliphatic heterocycles. The van der Waals surface area contributed by atoms with Crippen LogP contribution in [-0.2, 0) is 0 Å². The SMILES string of the molecule is C#CC(C=C=Cc1ccccc1)c1ccccc1. The topological polar surface area (TPSA) is 0 Å². The number of hydrogen-bond donors (Lipinski definition) is 0. The Labute approximate surface area is 108 Å². The molecule has 2 rings (SSSR count). The average Bonchev–Trinajstić information content (AvgIpc) is 2.46. The fourth-order valence-corrected chi connectivity index (χ4v) is 1.69. The normalized spacial score (nSPS) is 10.8. The van der Waals surface area contributed by atoms with Crippen LogP contribution in [0.3, 0.4) is 0 Å². The van der Waals surface area contributed by atoms with Gasteiger partial charge in [0.2, 0.25) is 0 Å². The number of hydrogen-bond acceptors (Lipinski definition) is 0. The van der Waals surface area contributed by atoms with Gasteiger partial charge in [-0.1, -0.05) is 66.6 Å². The van der Waals surface area contributed by atoms with Crippen LogP contribution in [0.4, 0.5) is 0 Å². The van der Waals surface area contributed by atoms with Crippen molar-refractivity contribution >= 4 is 6.08 Å². The second-order valence-corrected chi connectivity index (χ2v) is 3.94. The molecule has 0 aromatic heterocycles. The van der Waals surface area contributed by atoms with E-state index in [1.807, 2.05) is 72.8 Å². The molecule has 86 valence electrons. The van der Waals surface area contributed by atoms with E-state index in [0.29, 0.717) is 0 Å². The Morgan fingerprint density at radius 2 is 1.50 bits per heavy atom. The van der Waals surface area contributed by atoms with E-state index in [9.17, 15) is 0 Å². The monoisotopic (exact) mass is 230 g/mol. The van der Waals surface area contributed by atoms with E-state index in [1.54, 1.807) is 0 Å². The average molecular weight is 230 g/mol.